The molecule has 0 aromatic heterocycles. The van der Waals surface area contributed by atoms with E-state index in [4.69, 9.17) is 4.74 Å². The van der Waals surface area contributed by atoms with Gasteiger partial charge in [0.1, 0.15) is 5.79 Å². The molecule has 0 radical (unpaired) electrons. The number of likely N-dealkylation sites (N-methyl/N-ethyl adjacent to an activating group) is 1. The molecule has 4 aliphatic rings. The molecule has 0 aromatic rings. The molecule has 4 rings (SSSR count). The molecule has 2 unspecified atom stereocenters. The highest BCUT2D eigenvalue weighted by molar-refractivity contribution is 5.04. The Morgan fingerprint density at radius 3 is 2.04 bits per heavy atom. The second kappa shape index (κ2) is 7.58. The number of hydrogen-bond acceptors (Lipinski definition) is 5. The molecule has 4 heterocycles. The zero-order valence-electron chi connectivity index (χ0n) is 15.6. The van der Waals surface area contributed by atoms with E-state index in [0.29, 0.717) is 6.04 Å². The van der Waals surface area contributed by atoms with Crippen molar-refractivity contribution < 1.29 is 4.74 Å². The van der Waals surface area contributed by atoms with Gasteiger partial charge in [0.15, 0.2) is 0 Å². The minimum atomic E-state index is 0.104. The first-order valence-corrected chi connectivity index (χ1v) is 10.4. The molecular formula is C19H36N4O. The lowest BCUT2D eigenvalue weighted by atomic mass is 9.90. The summed E-state index contributed by atoms with van der Waals surface area (Å²) in [4.78, 5) is 11.2. The molecule has 0 saturated carbocycles. The lowest BCUT2D eigenvalue weighted by molar-refractivity contribution is -0.234. The molecule has 0 aliphatic carbocycles. The Morgan fingerprint density at radius 1 is 0.708 bits per heavy atom. The number of hydrogen-bond donors (Lipinski definition) is 0. The maximum atomic E-state index is 5.73. The molecule has 0 spiro atoms. The van der Waals surface area contributed by atoms with Crippen LogP contribution in [0.5, 0.6) is 0 Å². The Bertz CT molecular complexity index is 382. The monoisotopic (exact) mass is 336 g/mol. The minimum absolute atomic E-state index is 0.104. The minimum Gasteiger partial charge on any atom is -0.379 e. The van der Waals surface area contributed by atoms with Crippen LogP contribution in [0.3, 0.4) is 0 Å². The fourth-order valence-corrected chi connectivity index (χ4v) is 5.83. The molecule has 4 saturated heterocycles. The zero-order valence-corrected chi connectivity index (χ0v) is 15.6. The van der Waals surface area contributed by atoms with Crippen LogP contribution in [0.25, 0.3) is 0 Å². The van der Waals surface area contributed by atoms with Crippen LogP contribution in [0.4, 0.5) is 0 Å². The first-order chi connectivity index (χ1) is 11.8. The largest absolute Gasteiger partial charge is 0.379 e. The summed E-state index contributed by atoms with van der Waals surface area (Å²) in [6, 6.07) is 0.662. The third-order valence-electron chi connectivity index (χ3n) is 6.86. The van der Waals surface area contributed by atoms with Crippen LogP contribution in [0.15, 0.2) is 0 Å². The summed E-state index contributed by atoms with van der Waals surface area (Å²) >= 11 is 0. The lowest BCUT2D eigenvalue weighted by Crippen LogP contribution is -2.80. The highest BCUT2D eigenvalue weighted by Crippen LogP contribution is 2.40. The Morgan fingerprint density at radius 2 is 1.33 bits per heavy atom. The number of morpholine rings is 1. The van der Waals surface area contributed by atoms with Gasteiger partial charge in [0, 0.05) is 32.7 Å². The van der Waals surface area contributed by atoms with Crippen molar-refractivity contribution in [2.75, 3.05) is 66.1 Å². The Kier molecular flexibility index (Phi) is 5.44. The number of ether oxygens (including phenoxy) is 1. The summed E-state index contributed by atoms with van der Waals surface area (Å²) in [5, 5.41) is 0. The average molecular weight is 337 g/mol. The van der Waals surface area contributed by atoms with Gasteiger partial charge in [-0.15, -0.1) is 0 Å². The van der Waals surface area contributed by atoms with E-state index in [1.807, 2.05) is 0 Å². The quantitative estimate of drug-likeness (QED) is 0.779. The molecular weight excluding hydrogens is 300 g/mol. The van der Waals surface area contributed by atoms with E-state index < -0.39 is 0 Å². The van der Waals surface area contributed by atoms with Gasteiger partial charge in [-0.05, 0) is 58.7 Å². The van der Waals surface area contributed by atoms with E-state index >= 15 is 0 Å². The number of likely N-dealkylation sites (tertiary alicyclic amines) is 3. The summed E-state index contributed by atoms with van der Waals surface area (Å²) in [5.74, 6) is 0.104. The molecule has 0 N–H and O–H groups in total. The van der Waals surface area contributed by atoms with Crippen LogP contribution in [-0.4, -0.2) is 97.5 Å². The van der Waals surface area contributed by atoms with Crippen molar-refractivity contribution in [1.29, 1.82) is 0 Å². The van der Waals surface area contributed by atoms with Gasteiger partial charge in [-0.2, -0.15) is 0 Å². The van der Waals surface area contributed by atoms with Crippen LogP contribution in [0, 0.1) is 0 Å². The molecule has 2 atom stereocenters. The van der Waals surface area contributed by atoms with Crippen molar-refractivity contribution in [3.05, 3.63) is 0 Å². The van der Waals surface area contributed by atoms with Crippen molar-refractivity contribution in [2.45, 2.75) is 56.8 Å². The van der Waals surface area contributed by atoms with Gasteiger partial charge in [0.25, 0.3) is 0 Å². The highest BCUT2D eigenvalue weighted by Gasteiger charge is 2.55. The highest BCUT2D eigenvalue weighted by atomic mass is 16.5. The molecule has 4 fully saturated rings. The van der Waals surface area contributed by atoms with Crippen LogP contribution < -0.4 is 0 Å². The van der Waals surface area contributed by atoms with Crippen molar-refractivity contribution in [3.63, 3.8) is 0 Å². The van der Waals surface area contributed by atoms with Crippen molar-refractivity contribution in [2.24, 2.45) is 0 Å². The topological polar surface area (TPSA) is 22.2 Å². The molecule has 24 heavy (non-hydrogen) atoms. The van der Waals surface area contributed by atoms with E-state index in [2.05, 4.69) is 26.6 Å². The molecule has 138 valence electrons. The fourth-order valence-electron chi connectivity index (χ4n) is 5.83. The molecule has 5 nitrogen and oxygen atoms in total. The lowest BCUT2D eigenvalue weighted by Gasteiger charge is -2.63. The van der Waals surface area contributed by atoms with Gasteiger partial charge in [-0.25, -0.2) is 0 Å². The molecule has 4 aliphatic heterocycles. The van der Waals surface area contributed by atoms with Gasteiger partial charge in [-0.1, -0.05) is 6.42 Å². The van der Waals surface area contributed by atoms with Crippen molar-refractivity contribution in [1.82, 2.24) is 19.6 Å². The van der Waals surface area contributed by atoms with Gasteiger partial charge < -0.3 is 4.74 Å². The predicted molar refractivity (Wildman–Crippen MR) is 97.0 cm³/mol. The molecule has 0 bridgehead atoms. The Labute approximate surface area is 147 Å². The third-order valence-corrected chi connectivity index (χ3v) is 6.86. The van der Waals surface area contributed by atoms with E-state index in [1.165, 1.54) is 77.7 Å². The van der Waals surface area contributed by atoms with Gasteiger partial charge in [0.2, 0.25) is 0 Å². The van der Waals surface area contributed by atoms with Gasteiger partial charge in [0.05, 0.1) is 19.3 Å². The standard InChI is InChI=1S/C19H36N4O/c1-20-9-7-8-18(21-10-5-6-11-21)19(20,22-12-3-2-4-13-22)23-14-16-24-17-15-23/h18H,2-17H2,1H3. The van der Waals surface area contributed by atoms with Crippen LogP contribution in [-0.2, 0) is 4.74 Å². The van der Waals surface area contributed by atoms with Crippen LogP contribution in [0.1, 0.15) is 44.9 Å². The first-order valence-electron chi connectivity index (χ1n) is 10.4. The van der Waals surface area contributed by atoms with Crippen LogP contribution >= 0.6 is 0 Å². The van der Waals surface area contributed by atoms with Crippen molar-refractivity contribution in [3.8, 4) is 0 Å². The van der Waals surface area contributed by atoms with Crippen molar-refractivity contribution >= 4 is 0 Å². The molecule has 0 amide bonds. The van der Waals surface area contributed by atoms with E-state index in [9.17, 15) is 0 Å². The number of rotatable bonds is 3. The first kappa shape index (κ1) is 17.2. The second-order valence-electron chi connectivity index (χ2n) is 8.16. The van der Waals surface area contributed by atoms with Crippen LogP contribution in [0.2, 0.25) is 0 Å². The SMILES string of the molecule is CN1CCCC(N2CCCC2)C1(N1CCCCC1)N1CCOCC1. The second-order valence-corrected chi connectivity index (χ2v) is 8.16. The summed E-state index contributed by atoms with van der Waals surface area (Å²) in [6.45, 7) is 10.4. The summed E-state index contributed by atoms with van der Waals surface area (Å²) in [5.41, 5.74) is 0. The smallest absolute Gasteiger partial charge is 0.147 e. The summed E-state index contributed by atoms with van der Waals surface area (Å²) in [7, 11) is 2.40. The number of piperidine rings is 2. The van der Waals surface area contributed by atoms with Gasteiger partial charge >= 0.3 is 0 Å². The maximum absolute atomic E-state index is 5.73. The zero-order chi connectivity index (χ0) is 16.4. The third kappa shape index (κ3) is 2.92. The maximum Gasteiger partial charge on any atom is 0.147 e. The average Bonchev–Trinajstić information content (AvgIpc) is 3.17. The summed E-state index contributed by atoms with van der Waals surface area (Å²) < 4.78 is 5.73. The Hall–Kier alpha value is -0.200. The fraction of sp³-hybridized carbons (Fsp3) is 1.00. The van der Waals surface area contributed by atoms with E-state index in [1.54, 1.807) is 0 Å². The summed E-state index contributed by atoms with van der Waals surface area (Å²) in [6.07, 6.45) is 9.63. The normalized spacial score (nSPS) is 38.6. The Balaban J connectivity index is 1.71. The van der Waals surface area contributed by atoms with E-state index in [0.717, 1.165) is 26.3 Å². The predicted octanol–water partition coefficient (Wildman–Crippen LogP) is 1.65. The van der Waals surface area contributed by atoms with Gasteiger partial charge in [-0.3, -0.25) is 19.6 Å². The molecule has 0 aromatic carbocycles. The number of nitrogens with zero attached hydrogens (tertiary/aromatic N) is 4. The molecule has 5 heteroatoms. The van der Waals surface area contributed by atoms with E-state index in [-0.39, 0.29) is 5.79 Å².